The zero-order chi connectivity index (χ0) is 21.1. The predicted molar refractivity (Wildman–Crippen MR) is 117 cm³/mol. The maximum absolute atomic E-state index is 13.3. The molecule has 4 rings (SSSR count). The highest BCUT2D eigenvalue weighted by molar-refractivity contribution is 7.99. The Balaban J connectivity index is 1.65. The Morgan fingerprint density at radius 3 is 2.60 bits per heavy atom. The van der Waals surface area contributed by atoms with Crippen molar-refractivity contribution in [2.45, 2.75) is 24.9 Å². The minimum atomic E-state index is -0.345. The van der Waals surface area contributed by atoms with E-state index >= 15 is 0 Å². The highest BCUT2D eigenvalue weighted by Gasteiger charge is 2.27. The van der Waals surface area contributed by atoms with E-state index in [9.17, 15) is 14.4 Å². The molecule has 3 aromatic rings. The number of fused-ring (bicyclic) bond motifs is 1. The zero-order valence-electron chi connectivity index (χ0n) is 16.6. The van der Waals surface area contributed by atoms with Crippen molar-refractivity contribution in [3.05, 3.63) is 64.4 Å². The van der Waals surface area contributed by atoms with Gasteiger partial charge in [0, 0.05) is 12.3 Å². The van der Waals surface area contributed by atoms with Gasteiger partial charge < -0.3 is 5.32 Å². The van der Waals surface area contributed by atoms with Gasteiger partial charge in [0.25, 0.3) is 5.56 Å². The molecule has 8 heteroatoms. The van der Waals surface area contributed by atoms with Gasteiger partial charge in [-0.05, 0) is 36.6 Å². The van der Waals surface area contributed by atoms with E-state index < -0.39 is 0 Å². The number of aromatic nitrogens is 2. The lowest BCUT2D eigenvalue weighted by atomic mass is 10.1. The van der Waals surface area contributed by atoms with Crippen LogP contribution in [0.25, 0.3) is 16.6 Å². The molecule has 0 bridgehead atoms. The number of amides is 3. The lowest BCUT2D eigenvalue weighted by Gasteiger charge is -2.16. The Morgan fingerprint density at radius 1 is 1.07 bits per heavy atom. The first-order chi connectivity index (χ1) is 14.6. The molecule has 1 aromatic heterocycles. The van der Waals surface area contributed by atoms with Gasteiger partial charge in [-0.2, -0.15) is 0 Å². The van der Waals surface area contributed by atoms with Crippen molar-refractivity contribution in [1.82, 2.24) is 19.8 Å². The quantitative estimate of drug-likeness (QED) is 0.274. The summed E-state index contributed by atoms with van der Waals surface area (Å²) in [6.45, 7) is 2.47. The van der Waals surface area contributed by atoms with Crippen molar-refractivity contribution in [2.75, 3.05) is 18.8 Å². The fourth-order valence-electron chi connectivity index (χ4n) is 3.52. The van der Waals surface area contributed by atoms with E-state index in [0.717, 1.165) is 17.7 Å². The second-order valence-corrected chi connectivity index (χ2v) is 8.00. The van der Waals surface area contributed by atoms with Gasteiger partial charge in [0.05, 0.1) is 23.1 Å². The van der Waals surface area contributed by atoms with Crippen LogP contribution in [-0.2, 0) is 11.2 Å². The van der Waals surface area contributed by atoms with Crippen molar-refractivity contribution in [3.63, 3.8) is 0 Å². The molecule has 1 N–H and O–H groups in total. The number of urea groups is 1. The smallest absolute Gasteiger partial charge is 0.324 e. The highest BCUT2D eigenvalue weighted by Crippen LogP contribution is 2.24. The summed E-state index contributed by atoms with van der Waals surface area (Å²) in [7, 11) is 0. The van der Waals surface area contributed by atoms with Crippen molar-refractivity contribution >= 4 is 34.6 Å². The first-order valence-electron chi connectivity index (χ1n) is 9.91. The fourth-order valence-corrected chi connectivity index (χ4v) is 4.45. The number of carbonyl (C=O) groups excluding carboxylic acids is 2. The van der Waals surface area contributed by atoms with Crippen LogP contribution in [0.3, 0.4) is 0 Å². The molecule has 30 heavy (non-hydrogen) atoms. The Kier molecular flexibility index (Phi) is 5.85. The maximum atomic E-state index is 13.3. The third-order valence-electron chi connectivity index (χ3n) is 5.05. The number of rotatable bonds is 7. The topological polar surface area (TPSA) is 84.3 Å². The summed E-state index contributed by atoms with van der Waals surface area (Å²) in [4.78, 5) is 42.7. The number of para-hydroxylation sites is 2. The van der Waals surface area contributed by atoms with Crippen LogP contribution in [0.4, 0.5) is 4.79 Å². The lowest BCUT2D eigenvalue weighted by molar-refractivity contribution is -0.124. The molecule has 0 spiro atoms. The third kappa shape index (κ3) is 3.82. The molecule has 0 atom stereocenters. The van der Waals surface area contributed by atoms with Crippen LogP contribution in [0, 0.1) is 0 Å². The number of hydrogen-bond acceptors (Lipinski definition) is 5. The average Bonchev–Trinajstić information content (AvgIpc) is 3.09. The zero-order valence-corrected chi connectivity index (χ0v) is 17.4. The molecule has 0 aliphatic carbocycles. The molecule has 7 nitrogen and oxygen atoms in total. The van der Waals surface area contributed by atoms with Crippen LogP contribution < -0.4 is 10.9 Å². The van der Waals surface area contributed by atoms with Crippen molar-refractivity contribution in [3.8, 4) is 5.69 Å². The molecular weight excluding hydrogens is 400 g/mol. The van der Waals surface area contributed by atoms with Crippen LogP contribution in [-0.4, -0.2) is 45.2 Å². The largest absolute Gasteiger partial charge is 0.329 e. The number of nitrogens with zero attached hydrogens (tertiary/aromatic N) is 3. The van der Waals surface area contributed by atoms with Crippen molar-refractivity contribution in [2.24, 2.45) is 0 Å². The number of benzene rings is 2. The van der Waals surface area contributed by atoms with Gasteiger partial charge in [0.15, 0.2) is 5.16 Å². The highest BCUT2D eigenvalue weighted by atomic mass is 32.2. The Bertz CT molecular complexity index is 1160. The maximum Gasteiger partial charge on any atom is 0.324 e. The molecule has 1 fully saturated rings. The summed E-state index contributed by atoms with van der Waals surface area (Å²) in [6.07, 6.45) is 1.41. The minimum absolute atomic E-state index is 0.0611. The van der Waals surface area contributed by atoms with Crippen LogP contribution in [0.15, 0.2) is 58.5 Å². The number of imide groups is 1. The van der Waals surface area contributed by atoms with E-state index in [1.165, 1.54) is 16.7 Å². The molecule has 1 aliphatic rings. The summed E-state index contributed by atoms with van der Waals surface area (Å²) in [6, 6.07) is 14.8. The predicted octanol–water partition coefficient (Wildman–Crippen LogP) is 2.98. The van der Waals surface area contributed by atoms with Crippen LogP contribution in [0.2, 0.25) is 0 Å². The Labute approximate surface area is 178 Å². The fraction of sp³-hybridized carbons (Fsp3) is 0.273. The summed E-state index contributed by atoms with van der Waals surface area (Å²) in [5.74, 6) is 0.415. The number of carbonyl (C=O) groups is 2. The van der Waals surface area contributed by atoms with Crippen molar-refractivity contribution in [1.29, 1.82) is 0 Å². The normalized spacial score (nSPS) is 13.8. The van der Waals surface area contributed by atoms with E-state index in [2.05, 4.69) is 12.2 Å². The molecule has 1 aliphatic heterocycles. The van der Waals surface area contributed by atoms with Crippen LogP contribution in [0.1, 0.15) is 18.9 Å². The lowest BCUT2D eigenvalue weighted by Crippen LogP contribution is -2.32. The molecule has 154 valence electrons. The summed E-state index contributed by atoms with van der Waals surface area (Å²) in [5, 5.41) is 3.71. The van der Waals surface area contributed by atoms with Gasteiger partial charge >= 0.3 is 6.03 Å². The second-order valence-electron chi connectivity index (χ2n) is 6.94. The first kappa shape index (κ1) is 20.2. The SMILES string of the molecule is CCc1ccccc1-n1c(SCCCN2C(=O)CNC2=O)nc2ccccc2c1=O. The Morgan fingerprint density at radius 2 is 1.83 bits per heavy atom. The second kappa shape index (κ2) is 8.71. The molecule has 1 saturated heterocycles. The number of hydrogen-bond donors (Lipinski definition) is 1. The van der Waals surface area contributed by atoms with Gasteiger partial charge in [-0.15, -0.1) is 0 Å². The molecule has 0 saturated carbocycles. The summed E-state index contributed by atoms with van der Waals surface area (Å²) >= 11 is 1.46. The minimum Gasteiger partial charge on any atom is -0.329 e. The molecule has 0 unspecified atom stereocenters. The van der Waals surface area contributed by atoms with Crippen molar-refractivity contribution < 1.29 is 9.59 Å². The van der Waals surface area contributed by atoms with Gasteiger partial charge in [-0.25, -0.2) is 9.78 Å². The molecule has 0 radical (unpaired) electrons. The number of aryl methyl sites for hydroxylation is 1. The van der Waals surface area contributed by atoms with Crippen LogP contribution in [0.5, 0.6) is 0 Å². The Hall–Kier alpha value is -3.13. The van der Waals surface area contributed by atoms with Gasteiger partial charge in [0.1, 0.15) is 0 Å². The van der Waals surface area contributed by atoms with E-state index in [4.69, 9.17) is 4.98 Å². The number of thioether (sulfide) groups is 1. The van der Waals surface area contributed by atoms with E-state index in [1.54, 1.807) is 10.6 Å². The summed E-state index contributed by atoms with van der Waals surface area (Å²) in [5.41, 5.74) is 2.46. The van der Waals surface area contributed by atoms with Gasteiger partial charge in [-0.1, -0.05) is 49.0 Å². The summed E-state index contributed by atoms with van der Waals surface area (Å²) < 4.78 is 1.68. The first-order valence-corrected chi connectivity index (χ1v) is 10.9. The number of nitrogens with one attached hydrogen (secondary N) is 1. The monoisotopic (exact) mass is 422 g/mol. The van der Waals surface area contributed by atoms with Gasteiger partial charge in [-0.3, -0.25) is 19.1 Å². The standard InChI is InChI=1S/C22H22N4O3S/c1-2-15-8-3-6-11-18(15)26-20(28)16-9-4-5-10-17(16)24-22(26)30-13-7-12-25-19(27)14-23-21(25)29/h3-6,8-11H,2,7,12-14H2,1H3,(H,23,29). The molecule has 2 aromatic carbocycles. The van der Waals surface area contributed by atoms with E-state index in [1.807, 2.05) is 42.5 Å². The average molecular weight is 423 g/mol. The van der Waals surface area contributed by atoms with Gasteiger partial charge in [0.2, 0.25) is 5.91 Å². The molecule has 3 amide bonds. The van der Waals surface area contributed by atoms with Crippen LogP contribution >= 0.6 is 11.8 Å². The molecular formula is C22H22N4O3S. The van der Waals surface area contributed by atoms with E-state index in [0.29, 0.717) is 34.8 Å². The van der Waals surface area contributed by atoms with E-state index in [-0.39, 0.29) is 24.0 Å². The molecule has 2 heterocycles. The third-order valence-corrected chi connectivity index (χ3v) is 6.08.